The fourth-order valence-corrected chi connectivity index (χ4v) is 1.95. The topological polar surface area (TPSA) is 46.2 Å². The van der Waals surface area contributed by atoms with Crippen LogP contribution in [0.5, 0.6) is 0 Å². The Labute approximate surface area is 105 Å². The van der Waals surface area contributed by atoms with Crippen LogP contribution >= 0.6 is 0 Å². The number of aliphatic hydroxyl groups excluding tert-OH is 1. The van der Waals surface area contributed by atoms with Gasteiger partial charge in [-0.1, -0.05) is 52.0 Å². The molecule has 1 aromatic rings. The predicted molar refractivity (Wildman–Crippen MR) is 72.9 cm³/mol. The highest BCUT2D eigenvalue weighted by molar-refractivity contribution is 5.27. The van der Waals surface area contributed by atoms with E-state index < -0.39 is 6.10 Å². The van der Waals surface area contributed by atoms with Crippen molar-refractivity contribution in [2.24, 2.45) is 11.7 Å². The minimum Gasteiger partial charge on any atom is -0.391 e. The van der Waals surface area contributed by atoms with Gasteiger partial charge in [0.05, 0.1) is 12.1 Å². The second-order valence-corrected chi connectivity index (χ2v) is 5.54. The molecule has 0 heterocycles. The first-order valence-corrected chi connectivity index (χ1v) is 6.45. The maximum atomic E-state index is 10.00. The zero-order valence-corrected chi connectivity index (χ0v) is 11.4. The zero-order chi connectivity index (χ0) is 13.0. The minimum absolute atomic E-state index is 0.279. The number of rotatable bonds is 5. The van der Waals surface area contributed by atoms with Crippen molar-refractivity contribution in [2.45, 2.75) is 52.2 Å². The van der Waals surface area contributed by atoms with Crippen LogP contribution in [0, 0.1) is 5.92 Å². The monoisotopic (exact) mass is 235 g/mol. The van der Waals surface area contributed by atoms with Crippen LogP contribution in [0.15, 0.2) is 24.3 Å². The molecule has 0 fully saturated rings. The molecule has 0 radical (unpaired) electrons. The van der Waals surface area contributed by atoms with Crippen LogP contribution in [0.1, 0.15) is 57.2 Å². The molecule has 96 valence electrons. The lowest BCUT2D eigenvalue weighted by Gasteiger charge is -2.21. The van der Waals surface area contributed by atoms with Gasteiger partial charge in [0.15, 0.2) is 0 Å². The summed E-state index contributed by atoms with van der Waals surface area (Å²) in [5.41, 5.74) is 8.38. The lowest BCUT2D eigenvalue weighted by Crippen LogP contribution is -2.27. The lowest BCUT2D eigenvalue weighted by molar-refractivity contribution is 0.121. The molecule has 0 bridgehead atoms. The number of hydrogen-bond acceptors (Lipinski definition) is 2. The van der Waals surface area contributed by atoms with Crippen LogP contribution in [0.4, 0.5) is 0 Å². The first-order valence-electron chi connectivity index (χ1n) is 6.45. The largest absolute Gasteiger partial charge is 0.391 e. The summed E-state index contributed by atoms with van der Waals surface area (Å²) in [6.07, 6.45) is 0.285. The van der Waals surface area contributed by atoms with E-state index in [-0.39, 0.29) is 6.04 Å². The van der Waals surface area contributed by atoms with Gasteiger partial charge in [0, 0.05) is 0 Å². The van der Waals surface area contributed by atoms with E-state index in [4.69, 9.17) is 5.73 Å². The smallest absolute Gasteiger partial charge is 0.0735 e. The van der Waals surface area contributed by atoms with Crippen molar-refractivity contribution in [3.63, 3.8) is 0 Å². The zero-order valence-electron chi connectivity index (χ0n) is 11.4. The number of nitrogens with two attached hydrogens (primary N) is 1. The molecular weight excluding hydrogens is 210 g/mol. The Morgan fingerprint density at radius 3 is 1.88 bits per heavy atom. The van der Waals surface area contributed by atoms with Gasteiger partial charge in [0.25, 0.3) is 0 Å². The van der Waals surface area contributed by atoms with Crippen LogP contribution in [0.25, 0.3) is 0 Å². The second-order valence-electron chi connectivity index (χ2n) is 5.54. The lowest BCUT2D eigenvalue weighted by atomic mass is 9.93. The summed E-state index contributed by atoms with van der Waals surface area (Å²) in [4.78, 5) is 0. The third kappa shape index (κ3) is 4.14. The molecule has 2 nitrogen and oxygen atoms in total. The molecule has 0 amide bonds. The van der Waals surface area contributed by atoms with Crippen LogP contribution in [0.3, 0.4) is 0 Å². The molecule has 17 heavy (non-hydrogen) atoms. The summed E-state index contributed by atoms with van der Waals surface area (Å²) in [5.74, 6) is 0.992. The molecule has 0 aliphatic carbocycles. The summed E-state index contributed by atoms with van der Waals surface area (Å²) in [5, 5.41) is 10.00. The van der Waals surface area contributed by atoms with E-state index in [1.807, 2.05) is 12.1 Å². The molecule has 2 heteroatoms. The molecule has 0 aliphatic rings. The van der Waals surface area contributed by atoms with Crippen molar-refractivity contribution in [2.75, 3.05) is 0 Å². The van der Waals surface area contributed by atoms with Gasteiger partial charge in [-0.2, -0.15) is 0 Å². The van der Waals surface area contributed by atoms with Crippen molar-refractivity contribution in [3.8, 4) is 0 Å². The molecule has 0 saturated carbocycles. The molecule has 0 unspecified atom stereocenters. The second kappa shape index (κ2) is 6.18. The fraction of sp³-hybridized carbons (Fsp3) is 0.600. The van der Waals surface area contributed by atoms with Crippen LogP contribution in [-0.4, -0.2) is 11.2 Å². The molecule has 0 spiro atoms. The number of benzene rings is 1. The molecule has 0 aliphatic heterocycles. The van der Waals surface area contributed by atoms with Crippen molar-refractivity contribution in [1.29, 1.82) is 0 Å². The van der Waals surface area contributed by atoms with Crippen molar-refractivity contribution in [3.05, 3.63) is 35.4 Å². The number of hydrogen-bond donors (Lipinski definition) is 2. The van der Waals surface area contributed by atoms with Gasteiger partial charge in [-0.25, -0.2) is 0 Å². The molecule has 1 rings (SSSR count). The van der Waals surface area contributed by atoms with Gasteiger partial charge in [-0.15, -0.1) is 0 Å². The third-order valence-corrected chi connectivity index (χ3v) is 3.12. The quantitative estimate of drug-likeness (QED) is 0.823. The van der Waals surface area contributed by atoms with Gasteiger partial charge in [-0.3, -0.25) is 0 Å². The molecule has 0 aromatic heterocycles. The van der Waals surface area contributed by atoms with E-state index in [0.29, 0.717) is 11.8 Å². The van der Waals surface area contributed by atoms with E-state index in [1.54, 1.807) is 0 Å². The average Bonchev–Trinajstić information content (AvgIpc) is 2.27. The van der Waals surface area contributed by atoms with Crippen LogP contribution in [0.2, 0.25) is 0 Å². The summed E-state index contributed by atoms with van der Waals surface area (Å²) in [6, 6.07) is 7.98. The third-order valence-electron chi connectivity index (χ3n) is 3.12. The normalized spacial score (nSPS) is 15.3. The summed E-state index contributed by atoms with van der Waals surface area (Å²) in [7, 11) is 0. The van der Waals surface area contributed by atoms with Crippen LogP contribution < -0.4 is 5.73 Å². The Morgan fingerprint density at radius 1 is 1.00 bits per heavy atom. The molecule has 1 aromatic carbocycles. The van der Waals surface area contributed by atoms with Gasteiger partial charge in [0.1, 0.15) is 0 Å². The standard InChI is InChI=1S/C15H25NO/c1-10(2)9-14(17)15(16)13-7-5-12(6-8-13)11(3)4/h5-8,10-11,14-15,17H,9,16H2,1-4H3/t14-,15+/m0/s1. The molecule has 0 saturated heterocycles. The molecular formula is C15H25NO. The minimum atomic E-state index is -0.458. The highest BCUT2D eigenvalue weighted by Crippen LogP contribution is 2.22. The molecule has 2 atom stereocenters. The fourth-order valence-electron chi connectivity index (χ4n) is 1.95. The maximum absolute atomic E-state index is 10.00. The Bertz CT molecular complexity index is 329. The Kier molecular flexibility index (Phi) is 5.16. The first-order chi connectivity index (χ1) is 7.91. The summed E-state index contributed by atoms with van der Waals surface area (Å²) < 4.78 is 0. The van der Waals surface area contributed by atoms with Crippen molar-refractivity contribution >= 4 is 0 Å². The van der Waals surface area contributed by atoms with Gasteiger partial charge < -0.3 is 10.8 Å². The van der Waals surface area contributed by atoms with Gasteiger partial charge >= 0.3 is 0 Å². The Balaban J connectivity index is 2.72. The van der Waals surface area contributed by atoms with E-state index in [0.717, 1.165) is 12.0 Å². The van der Waals surface area contributed by atoms with Crippen LogP contribution in [-0.2, 0) is 0 Å². The van der Waals surface area contributed by atoms with E-state index in [9.17, 15) is 5.11 Å². The van der Waals surface area contributed by atoms with Gasteiger partial charge in [-0.05, 0) is 29.4 Å². The predicted octanol–water partition coefficient (Wildman–Crippen LogP) is 3.22. The highest BCUT2D eigenvalue weighted by Gasteiger charge is 2.17. The van der Waals surface area contributed by atoms with E-state index in [1.165, 1.54) is 5.56 Å². The van der Waals surface area contributed by atoms with Crippen molar-refractivity contribution in [1.82, 2.24) is 0 Å². The SMILES string of the molecule is CC(C)C[C@H](O)[C@H](N)c1ccc(C(C)C)cc1. The van der Waals surface area contributed by atoms with E-state index >= 15 is 0 Å². The van der Waals surface area contributed by atoms with E-state index in [2.05, 4.69) is 39.8 Å². The van der Waals surface area contributed by atoms with Gasteiger partial charge in [0.2, 0.25) is 0 Å². The average molecular weight is 235 g/mol. The first kappa shape index (κ1) is 14.2. The molecule has 3 N–H and O–H groups in total. The number of aliphatic hydroxyl groups is 1. The maximum Gasteiger partial charge on any atom is 0.0735 e. The Hall–Kier alpha value is -0.860. The van der Waals surface area contributed by atoms with Crippen molar-refractivity contribution < 1.29 is 5.11 Å². The summed E-state index contributed by atoms with van der Waals surface area (Å²) in [6.45, 7) is 8.53. The Morgan fingerprint density at radius 2 is 1.47 bits per heavy atom. The summed E-state index contributed by atoms with van der Waals surface area (Å²) >= 11 is 0. The highest BCUT2D eigenvalue weighted by atomic mass is 16.3.